The summed E-state index contributed by atoms with van der Waals surface area (Å²) in [5, 5.41) is 9.66. The minimum absolute atomic E-state index is 0.0227. The highest BCUT2D eigenvalue weighted by Crippen LogP contribution is 2.36. The molecular formula is C21H25F3N2O3. The fourth-order valence-electron chi connectivity index (χ4n) is 3.68. The zero-order chi connectivity index (χ0) is 21.9. The van der Waals surface area contributed by atoms with E-state index in [1.165, 1.54) is 11.0 Å². The third-order valence-corrected chi connectivity index (χ3v) is 5.19. The van der Waals surface area contributed by atoms with E-state index < -0.39 is 30.2 Å². The second kappa shape index (κ2) is 8.71. The van der Waals surface area contributed by atoms with Gasteiger partial charge in [-0.1, -0.05) is 31.7 Å². The van der Waals surface area contributed by atoms with E-state index in [0.29, 0.717) is 18.4 Å². The molecular weight excluding hydrogens is 385 g/mol. The first-order chi connectivity index (χ1) is 13.5. The van der Waals surface area contributed by atoms with Gasteiger partial charge in [0.1, 0.15) is 6.04 Å². The summed E-state index contributed by atoms with van der Waals surface area (Å²) in [6, 6.07) is 0.807. The molecule has 3 N–H and O–H groups in total. The van der Waals surface area contributed by atoms with E-state index in [1.807, 2.05) is 6.92 Å². The Morgan fingerprint density at radius 3 is 2.55 bits per heavy atom. The zero-order valence-electron chi connectivity index (χ0n) is 16.4. The number of allylic oxidation sites excluding steroid dienone is 1. The molecule has 1 amide bonds. The highest BCUT2D eigenvalue weighted by atomic mass is 19.4. The van der Waals surface area contributed by atoms with Gasteiger partial charge in [0.05, 0.1) is 5.56 Å². The number of alkyl halides is 3. The molecule has 5 nitrogen and oxygen atoms in total. The Balaban J connectivity index is 2.56. The molecule has 1 saturated heterocycles. The minimum atomic E-state index is -4.71. The molecule has 2 rings (SSSR count). The molecule has 29 heavy (non-hydrogen) atoms. The van der Waals surface area contributed by atoms with Crippen molar-refractivity contribution < 1.29 is 27.9 Å². The number of hydrogen-bond donors (Lipinski definition) is 2. The van der Waals surface area contributed by atoms with Gasteiger partial charge in [0.2, 0.25) is 5.91 Å². The Hall–Kier alpha value is -2.77. The maximum Gasteiger partial charge on any atom is 0.416 e. The number of nitrogens with two attached hydrogens (primary N) is 1. The number of carboxylic acids is 1. The fraction of sp³-hybridized carbons (Fsp3) is 0.429. The topological polar surface area (TPSA) is 83.6 Å². The van der Waals surface area contributed by atoms with E-state index in [1.54, 1.807) is 19.1 Å². The maximum absolute atomic E-state index is 13.7. The standard InChI is InChI=1S/C21H25F3N2O3/c1-4-6-14-9-15(17(21(22,23)24)11-16(14)12(3)25)10-18(20(28)29)26-8-7-13(5-2)19(26)27/h4,6,9,11,13,18H,3,5,7-8,10,25H2,1-2H3,(H,28,29)/b6-4-. The molecule has 1 heterocycles. The molecule has 158 valence electrons. The van der Waals surface area contributed by atoms with E-state index in [-0.39, 0.29) is 35.2 Å². The van der Waals surface area contributed by atoms with Crippen LogP contribution in [0.4, 0.5) is 13.2 Å². The highest BCUT2D eigenvalue weighted by molar-refractivity contribution is 5.87. The number of rotatable bonds is 7. The molecule has 8 heteroatoms. The van der Waals surface area contributed by atoms with Crippen LogP contribution in [0, 0.1) is 5.92 Å². The minimum Gasteiger partial charge on any atom is -0.480 e. The number of benzene rings is 1. The van der Waals surface area contributed by atoms with Gasteiger partial charge in [0.15, 0.2) is 0 Å². The van der Waals surface area contributed by atoms with Crippen LogP contribution in [0.1, 0.15) is 48.9 Å². The number of halogens is 3. The summed E-state index contributed by atoms with van der Waals surface area (Å²) < 4.78 is 41.1. The molecule has 2 unspecified atom stereocenters. The van der Waals surface area contributed by atoms with Crippen molar-refractivity contribution in [3.05, 3.63) is 47.0 Å². The van der Waals surface area contributed by atoms with Gasteiger partial charge in [-0.25, -0.2) is 4.79 Å². The molecule has 0 spiro atoms. The molecule has 0 aromatic heterocycles. The Labute approximate surface area is 167 Å². The summed E-state index contributed by atoms with van der Waals surface area (Å²) in [4.78, 5) is 25.5. The number of nitrogens with zero attached hydrogens (tertiary/aromatic N) is 1. The Morgan fingerprint density at radius 2 is 2.10 bits per heavy atom. The van der Waals surface area contributed by atoms with Crippen molar-refractivity contribution in [1.29, 1.82) is 0 Å². The Morgan fingerprint density at radius 1 is 1.45 bits per heavy atom. The molecule has 0 radical (unpaired) electrons. The number of carbonyl (C=O) groups is 2. The summed E-state index contributed by atoms with van der Waals surface area (Å²) in [6.07, 6.45) is -0.869. The molecule has 0 saturated carbocycles. The van der Waals surface area contributed by atoms with Crippen LogP contribution < -0.4 is 5.73 Å². The number of carboxylic acid groups (broad SMARTS) is 1. The second-order valence-electron chi connectivity index (χ2n) is 7.10. The number of amides is 1. The molecule has 1 aromatic rings. The van der Waals surface area contributed by atoms with Crippen molar-refractivity contribution in [2.45, 2.75) is 45.3 Å². The molecule has 1 fully saturated rings. The number of carbonyl (C=O) groups excluding carboxylic acids is 1. The Kier molecular flexibility index (Phi) is 6.77. The van der Waals surface area contributed by atoms with Crippen LogP contribution in [0.15, 0.2) is 24.8 Å². The van der Waals surface area contributed by atoms with E-state index in [4.69, 9.17) is 5.73 Å². The van der Waals surface area contributed by atoms with Gasteiger partial charge in [-0.15, -0.1) is 0 Å². The SMILES string of the molecule is C=C(N)c1cc(C(F)(F)F)c(CC(C(=O)O)N2CCC(CC)C2=O)cc1/C=C\C. The lowest BCUT2D eigenvalue weighted by molar-refractivity contribution is -0.149. The van der Waals surface area contributed by atoms with E-state index in [2.05, 4.69) is 6.58 Å². The van der Waals surface area contributed by atoms with Crippen molar-refractivity contribution >= 4 is 23.6 Å². The van der Waals surface area contributed by atoms with Gasteiger partial charge in [0, 0.05) is 30.1 Å². The third-order valence-electron chi connectivity index (χ3n) is 5.19. The number of likely N-dealkylation sites (tertiary alicyclic amines) is 1. The Bertz CT molecular complexity index is 846. The fourth-order valence-corrected chi connectivity index (χ4v) is 3.68. The van der Waals surface area contributed by atoms with Crippen molar-refractivity contribution in [3.63, 3.8) is 0 Å². The molecule has 0 aliphatic carbocycles. The first-order valence-corrected chi connectivity index (χ1v) is 9.36. The summed E-state index contributed by atoms with van der Waals surface area (Å²) in [5.74, 6) is -1.95. The van der Waals surface area contributed by atoms with E-state index >= 15 is 0 Å². The molecule has 0 bridgehead atoms. The second-order valence-corrected chi connectivity index (χ2v) is 7.10. The van der Waals surface area contributed by atoms with Crippen molar-refractivity contribution in [1.82, 2.24) is 4.90 Å². The molecule has 1 aromatic carbocycles. The summed E-state index contributed by atoms with van der Waals surface area (Å²) in [5.41, 5.74) is 5.01. The number of hydrogen-bond acceptors (Lipinski definition) is 3. The van der Waals surface area contributed by atoms with Crippen LogP contribution in [-0.4, -0.2) is 34.5 Å². The van der Waals surface area contributed by atoms with Crippen molar-refractivity contribution in [3.8, 4) is 0 Å². The van der Waals surface area contributed by atoms with Gasteiger partial charge in [-0.2, -0.15) is 13.2 Å². The largest absolute Gasteiger partial charge is 0.480 e. The molecule has 1 aliphatic heterocycles. The van der Waals surface area contributed by atoms with Gasteiger partial charge in [-0.05, 0) is 37.0 Å². The first kappa shape index (κ1) is 22.5. The van der Waals surface area contributed by atoms with Crippen molar-refractivity contribution in [2.75, 3.05) is 6.54 Å². The van der Waals surface area contributed by atoms with Crippen molar-refractivity contribution in [2.24, 2.45) is 11.7 Å². The number of aliphatic carboxylic acids is 1. The average Bonchev–Trinajstić information content (AvgIpc) is 2.98. The summed E-state index contributed by atoms with van der Waals surface area (Å²) in [7, 11) is 0. The van der Waals surface area contributed by atoms with Crippen LogP contribution in [0.2, 0.25) is 0 Å². The predicted octanol–water partition coefficient (Wildman–Crippen LogP) is 3.92. The van der Waals surface area contributed by atoms with E-state index in [9.17, 15) is 27.9 Å². The van der Waals surface area contributed by atoms with Crippen LogP contribution in [0.25, 0.3) is 11.8 Å². The van der Waals surface area contributed by atoms with Crippen LogP contribution in [0.5, 0.6) is 0 Å². The van der Waals surface area contributed by atoms with Crippen LogP contribution >= 0.6 is 0 Å². The highest BCUT2D eigenvalue weighted by Gasteiger charge is 2.40. The van der Waals surface area contributed by atoms with Crippen LogP contribution in [0.3, 0.4) is 0 Å². The van der Waals surface area contributed by atoms with Gasteiger partial charge < -0.3 is 15.7 Å². The summed E-state index contributed by atoms with van der Waals surface area (Å²) in [6.45, 7) is 7.28. The van der Waals surface area contributed by atoms with Gasteiger partial charge >= 0.3 is 12.1 Å². The molecule has 2 atom stereocenters. The maximum atomic E-state index is 13.7. The lowest BCUT2D eigenvalue weighted by Crippen LogP contribution is -2.44. The van der Waals surface area contributed by atoms with E-state index in [0.717, 1.165) is 6.07 Å². The monoisotopic (exact) mass is 410 g/mol. The lowest BCUT2D eigenvalue weighted by Gasteiger charge is -2.26. The zero-order valence-corrected chi connectivity index (χ0v) is 16.4. The molecule has 1 aliphatic rings. The average molecular weight is 410 g/mol. The normalized spacial score (nSPS) is 18.4. The van der Waals surface area contributed by atoms with Crippen LogP contribution in [-0.2, 0) is 22.2 Å². The summed E-state index contributed by atoms with van der Waals surface area (Å²) >= 11 is 0. The van der Waals surface area contributed by atoms with Gasteiger partial charge in [-0.3, -0.25) is 4.79 Å². The first-order valence-electron chi connectivity index (χ1n) is 9.36. The smallest absolute Gasteiger partial charge is 0.416 e. The van der Waals surface area contributed by atoms with Gasteiger partial charge in [0.25, 0.3) is 0 Å². The lowest BCUT2D eigenvalue weighted by atomic mass is 9.92. The predicted molar refractivity (Wildman–Crippen MR) is 105 cm³/mol. The quantitative estimate of drug-likeness (QED) is 0.714. The third kappa shape index (κ3) is 4.81.